The van der Waals surface area contributed by atoms with Gasteiger partial charge in [-0.15, -0.1) is 0 Å². The summed E-state index contributed by atoms with van der Waals surface area (Å²) in [6.07, 6.45) is 0. The number of ether oxygens (including phenoxy) is 1. The van der Waals surface area contributed by atoms with E-state index in [1.807, 2.05) is 0 Å². The minimum atomic E-state index is -3.82. The number of sulfonamides is 1. The second-order valence-electron chi connectivity index (χ2n) is 6.42. The van der Waals surface area contributed by atoms with E-state index in [-0.39, 0.29) is 18.0 Å². The van der Waals surface area contributed by atoms with Gasteiger partial charge in [0, 0.05) is 19.6 Å². The number of methoxy groups -OCH3 is 1. The number of rotatable bonds is 7. The Labute approximate surface area is 168 Å². The lowest BCUT2D eigenvalue weighted by molar-refractivity contribution is 0.414. The summed E-state index contributed by atoms with van der Waals surface area (Å²) in [7, 11) is -2.26. The Hall–Kier alpha value is -2.91. The lowest BCUT2D eigenvalue weighted by Crippen LogP contribution is -2.41. The second-order valence-corrected chi connectivity index (χ2v) is 8.19. The summed E-state index contributed by atoms with van der Waals surface area (Å²) in [5.74, 6) is 0.686. The largest absolute Gasteiger partial charge is 0.497 e. The topological polar surface area (TPSA) is 99.4 Å². The Kier molecular flexibility index (Phi) is 5.90. The minimum absolute atomic E-state index is 0.0291. The SMILES string of the molecule is CCn1c(=O)c(=O)n(CC)c2cc(S(=O)(=O)NCc3ccc(OC)cc3)ccc21. The number of hydrogen-bond donors (Lipinski definition) is 1. The van der Waals surface area contributed by atoms with Gasteiger partial charge in [-0.25, -0.2) is 13.1 Å². The molecule has 1 N–H and O–H groups in total. The molecule has 29 heavy (non-hydrogen) atoms. The van der Waals surface area contributed by atoms with Crippen molar-refractivity contribution in [3.8, 4) is 5.75 Å². The fourth-order valence-electron chi connectivity index (χ4n) is 3.20. The first-order valence-corrected chi connectivity index (χ1v) is 10.7. The van der Waals surface area contributed by atoms with Gasteiger partial charge in [0.1, 0.15) is 5.75 Å². The van der Waals surface area contributed by atoms with E-state index in [0.717, 1.165) is 5.56 Å². The van der Waals surface area contributed by atoms with Crippen LogP contribution in [0.3, 0.4) is 0 Å². The second kappa shape index (κ2) is 8.22. The van der Waals surface area contributed by atoms with Crippen LogP contribution in [0.1, 0.15) is 19.4 Å². The van der Waals surface area contributed by atoms with Crippen molar-refractivity contribution in [2.45, 2.75) is 38.4 Å². The number of nitrogens with zero attached hydrogens (tertiary/aromatic N) is 2. The first kappa shape index (κ1) is 20.8. The molecule has 0 atom stereocenters. The van der Waals surface area contributed by atoms with Crippen molar-refractivity contribution >= 4 is 21.1 Å². The normalized spacial score (nSPS) is 11.7. The van der Waals surface area contributed by atoms with E-state index in [1.165, 1.54) is 21.3 Å². The van der Waals surface area contributed by atoms with Crippen molar-refractivity contribution in [2.75, 3.05) is 7.11 Å². The highest BCUT2D eigenvalue weighted by Gasteiger charge is 2.18. The molecular formula is C20H23N3O5S. The van der Waals surface area contributed by atoms with Crippen LogP contribution >= 0.6 is 0 Å². The van der Waals surface area contributed by atoms with Crippen LogP contribution in [0, 0.1) is 0 Å². The lowest BCUT2D eigenvalue weighted by atomic mass is 10.2. The van der Waals surface area contributed by atoms with Gasteiger partial charge >= 0.3 is 11.1 Å². The maximum atomic E-state index is 12.8. The molecule has 0 unspecified atom stereocenters. The molecule has 1 heterocycles. The highest BCUT2D eigenvalue weighted by Crippen LogP contribution is 2.18. The molecule has 0 saturated carbocycles. The van der Waals surface area contributed by atoms with Gasteiger partial charge in [-0.05, 0) is 49.7 Å². The summed E-state index contributed by atoms with van der Waals surface area (Å²) >= 11 is 0. The number of nitrogens with one attached hydrogen (secondary N) is 1. The average molecular weight is 417 g/mol. The zero-order valence-electron chi connectivity index (χ0n) is 16.5. The molecule has 0 radical (unpaired) electrons. The van der Waals surface area contributed by atoms with Gasteiger partial charge in [0.25, 0.3) is 0 Å². The molecule has 0 bridgehead atoms. The van der Waals surface area contributed by atoms with Crippen molar-refractivity contribution in [3.05, 3.63) is 68.7 Å². The third kappa shape index (κ3) is 3.96. The summed E-state index contributed by atoms with van der Waals surface area (Å²) in [4.78, 5) is 24.7. The third-order valence-corrected chi connectivity index (χ3v) is 6.17. The molecule has 0 amide bonds. The van der Waals surface area contributed by atoms with E-state index >= 15 is 0 Å². The lowest BCUT2D eigenvalue weighted by Gasteiger charge is -2.14. The quantitative estimate of drug-likeness (QED) is 0.590. The zero-order chi connectivity index (χ0) is 21.2. The summed E-state index contributed by atoms with van der Waals surface area (Å²) in [6.45, 7) is 4.19. The van der Waals surface area contributed by atoms with Gasteiger partial charge in [-0.3, -0.25) is 9.59 Å². The fourth-order valence-corrected chi connectivity index (χ4v) is 4.23. The average Bonchev–Trinajstić information content (AvgIpc) is 2.73. The molecule has 154 valence electrons. The Morgan fingerprint density at radius 2 is 1.48 bits per heavy atom. The molecule has 8 nitrogen and oxygen atoms in total. The molecule has 9 heteroatoms. The van der Waals surface area contributed by atoms with E-state index in [1.54, 1.807) is 51.3 Å². The highest BCUT2D eigenvalue weighted by molar-refractivity contribution is 7.89. The molecule has 2 aromatic carbocycles. The van der Waals surface area contributed by atoms with Gasteiger partial charge in [-0.2, -0.15) is 0 Å². The molecule has 3 aromatic rings. The Morgan fingerprint density at radius 3 is 2.03 bits per heavy atom. The van der Waals surface area contributed by atoms with Crippen molar-refractivity contribution in [1.82, 2.24) is 13.9 Å². The van der Waals surface area contributed by atoms with Crippen molar-refractivity contribution in [3.63, 3.8) is 0 Å². The van der Waals surface area contributed by atoms with Gasteiger partial charge in [-0.1, -0.05) is 12.1 Å². The first-order chi connectivity index (χ1) is 13.8. The fraction of sp³-hybridized carbons (Fsp3) is 0.300. The van der Waals surface area contributed by atoms with Gasteiger partial charge in [0.2, 0.25) is 10.0 Å². The predicted molar refractivity (Wildman–Crippen MR) is 111 cm³/mol. The molecule has 3 rings (SSSR count). The molecular weight excluding hydrogens is 394 g/mol. The molecule has 0 fully saturated rings. The van der Waals surface area contributed by atoms with E-state index in [9.17, 15) is 18.0 Å². The van der Waals surface area contributed by atoms with E-state index in [4.69, 9.17) is 4.74 Å². The number of benzene rings is 2. The van der Waals surface area contributed by atoms with Crippen LogP contribution in [-0.4, -0.2) is 24.7 Å². The number of hydrogen-bond acceptors (Lipinski definition) is 5. The van der Waals surface area contributed by atoms with Crippen LogP contribution < -0.4 is 20.6 Å². The van der Waals surface area contributed by atoms with Crippen LogP contribution in [0.15, 0.2) is 56.9 Å². The van der Waals surface area contributed by atoms with Gasteiger partial charge < -0.3 is 13.9 Å². The Bertz CT molecular complexity index is 1260. The van der Waals surface area contributed by atoms with Gasteiger partial charge in [0.05, 0.1) is 23.0 Å². The van der Waals surface area contributed by atoms with Crippen LogP contribution in [0.5, 0.6) is 5.75 Å². The van der Waals surface area contributed by atoms with Crippen LogP contribution in [-0.2, 0) is 29.7 Å². The smallest absolute Gasteiger partial charge is 0.316 e. The predicted octanol–water partition coefficient (Wildman–Crippen LogP) is 1.69. The molecule has 0 aliphatic heterocycles. The zero-order valence-corrected chi connectivity index (χ0v) is 17.3. The summed E-state index contributed by atoms with van der Waals surface area (Å²) < 4.78 is 35.9. The Balaban J connectivity index is 2.00. The van der Waals surface area contributed by atoms with E-state index in [2.05, 4.69) is 4.72 Å². The summed E-state index contributed by atoms with van der Waals surface area (Å²) in [6, 6.07) is 11.5. The Morgan fingerprint density at radius 1 is 0.897 bits per heavy atom. The molecule has 0 spiro atoms. The molecule has 0 aliphatic rings. The van der Waals surface area contributed by atoms with Crippen molar-refractivity contribution in [2.24, 2.45) is 0 Å². The maximum Gasteiger partial charge on any atom is 0.316 e. The van der Waals surface area contributed by atoms with Crippen LogP contribution in [0.25, 0.3) is 11.0 Å². The van der Waals surface area contributed by atoms with Crippen molar-refractivity contribution < 1.29 is 13.2 Å². The maximum absolute atomic E-state index is 12.8. The monoisotopic (exact) mass is 417 g/mol. The highest BCUT2D eigenvalue weighted by atomic mass is 32.2. The van der Waals surface area contributed by atoms with Crippen molar-refractivity contribution in [1.29, 1.82) is 0 Å². The minimum Gasteiger partial charge on any atom is -0.497 e. The van der Waals surface area contributed by atoms with Gasteiger partial charge in [0.15, 0.2) is 0 Å². The number of aromatic nitrogens is 2. The molecule has 1 aromatic heterocycles. The van der Waals surface area contributed by atoms with Crippen LogP contribution in [0.2, 0.25) is 0 Å². The summed E-state index contributed by atoms with van der Waals surface area (Å²) in [5, 5.41) is 0. The molecule has 0 saturated heterocycles. The standard InChI is InChI=1S/C20H23N3O5S/c1-4-22-17-11-10-16(12-18(17)23(5-2)20(25)19(22)24)29(26,27)21-13-14-6-8-15(28-3)9-7-14/h6-12,21H,4-5,13H2,1-3H3. The van der Waals surface area contributed by atoms with Crippen LogP contribution in [0.4, 0.5) is 0 Å². The molecule has 0 aliphatic carbocycles. The van der Waals surface area contributed by atoms with E-state index < -0.39 is 21.1 Å². The van der Waals surface area contributed by atoms with E-state index in [0.29, 0.717) is 23.3 Å². The summed E-state index contributed by atoms with van der Waals surface area (Å²) in [5.41, 5.74) is 0.428. The number of aryl methyl sites for hydroxylation is 2. The first-order valence-electron chi connectivity index (χ1n) is 9.22. The number of fused-ring (bicyclic) bond motifs is 1. The third-order valence-electron chi connectivity index (χ3n) is 4.77.